The highest BCUT2D eigenvalue weighted by Gasteiger charge is 2.54. The van der Waals surface area contributed by atoms with Crippen LogP contribution in [0.25, 0.3) is 78.4 Å². The van der Waals surface area contributed by atoms with Gasteiger partial charge >= 0.3 is 0 Å². The van der Waals surface area contributed by atoms with E-state index in [0.717, 1.165) is 56.0 Å². The van der Waals surface area contributed by atoms with Gasteiger partial charge in [-0.3, -0.25) is 4.90 Å². The lowest BCUT2D eigenvalue weighted by atomic mass is 9.64. The molecule has 101 heavy (non-hydrogen) atoms. The third-order valence-corrected chi connectivity index (χ3v) is 22.4. The van der Waals surface area contributed by atoms with Gasteiger partial charge < -0.3 is 4.90 Å². The number of para-hydroxylation sites is 5. The predicted molar refractivity (Wildman–Crippen MR) is 410 cm³/mol. The minimum atomic E-state index is -0.724. The van der Waals surface area contributed by atoms with Crippen molar-refractivity contribution in [3.8, 4) is 78.4 Å². The van der Waals surface area contributed by atoms with E-state index in [1.165, 1.54) is 106 Å². The van der Waals surface area contributed by atoms with Crippen LogP contribution in [0.15, 0.2) is 370 Å². The molecule has 5 nitrogen and oxygen atoms in total. The van der Waals surface area contributed by atoms with Crippen LogP contribution < -0.4 is 9.80 Å². The third kappa shape index (κ3) is 7.94. The number of aromatic nitrogens is 3. The molecule has 2 aliphatic heterocycles. The molecule has 0 N–H and O–H groups in total. The average molecular weight is 1280 g/mol. The number of anilines is 6. The van der Waals surface area contributed by atoms with Gasteiger partial charge in [0.15, 0.2) is 11.6 Å². The summed E-state index contributed by atoms with van der Waals surface area (Å²) in [6.45, 7) is 0. The van der Waals surface area contributed by atoms with Gasteiger partial charge in [0.05, 0.1) is 39.0 Å². The van der Waals surface area contributed by atoms with Crippen molar-refractivity contribution in [1.82, 2.24) is 15.0 Å². The van der Waals surface area contributed by atoms with Crippen LogP contribution in [0.4, 0.5) is 34.4 Å². The van der Waals surface area contributed by atoms with Crippen LogP contribution in [-0.2, 0) is 16.2 Å². The second kappa shape index (κ2) is 22.0. The summed E-state index contributed by atoms with van der Waals surface area (Å²) in [6, 6.07) is 137. The van der Waals surface area contributed by atoms with E-state index in [4.69, 9.17) is 15.0 Å². The van der Waals surface area contributed by atoms with Crippen molar-refractivity contribution in [2.45, 2.75) is 16.2 Å². The Balaban J connectivity index is 0.734. The largest absolute Gasteiger partial charge is 0.310 e. The standard InChI is InChI=1S/C96H61N5/c1-4-28-62(29-5-1)91-97-92(63-30-6-2-7-31-63)99-93(98-91)101-89-52-24-20-48-83(89)96(84-49-21-25-53-90(84)101)80-45-17-13-41-74(80)76-57-55-67(61-86(76)96)65-33-27-35-69(59-65)94(77-42-14-10-38-71(77)72-39-11-15-43-78(72)94)68-34-26-32-64(58-68)66-54-56-75-73-40-12-16-44-79(73)95(85(75)60-66)81-46-18-22-50-87(81)100(70-36-8-3-9-37-70)88-51-23-19-47-82(88)95/h1-61H. The van der Waals surface area contributed by atoms with Crippen molar-refractivity contribution in [3.05, 3.63) is 437 Å². The maximum absolute atomic E-state index is 5.39. The lowest BCUT2D eigenvalue weighted by Gasteiger charge is -2.45. The fourth-order valence-electron chi connectivity index (χ4n) is 18.4. The van der Waals surface area contributed by atoms with Crippen molar-refractivity contribution in [1.29, 1.82) is 0 Å². The van der Waals surface area contributed by atoms with Crippen LogP contribution in [0.5, 0.6) is 0 Å². The minimum Gasteiger partial charge on any atom is -0.310 e. The molecule has 3 aliphatic carbocycles. The summed E-state index contributed by atoms with van der Waals surface area (Å²) in [4.78, 5) is 20.6. The smallest absolute Gasteiger partial charge is 0.238 e. The van der Waals surface area contributed by atoms with E-state index in [9.17, 15) is 0 Å². The number of hydrogen-bond donors (Lipinski definition) is 0. The molecule has 5 heteroatoms. The molecule has 5 aliphatic rings. The minimum absolute atomic E-state index is 0.554. The molecular formula is C96H61N5. The number of benzene rings is 15. The first kappa shape index (κ1) is 57.0. The molecule has 0 fully saturated rings. The zero-order valence-corrected chi connectivity index (χ0v) is 55.0. The van der Waals surface area contributed by atoms with Gasteiger partial charge in [0.25, 0.3) is 0 Å². The van der Waals surface area contributed by atoms with Crippen LogP contribution >= 0.6 is 0 Å². The molecule has 16 aromatic rings. The van der Waals surface area contributed by atoms with Gasteiger partial charge in [0, 0.05) is 16.8 Å². The van der Waals surface area contributed by atoms with Crippen molar-refractivity contribution in [2.24, 2.45) is 0 Å². The number of fused-ring (bicyclic) bond motifs is 21. The fourth-order valence-corrected chi connectivity index (χ4v) is 18.4. The quantitative estimate of drug-likeness (QED) is 0.152. The van der Waals surface area contributed by atoms with Crippen LogP contribution in [0, 0.1) is 0 Å². The Labute approximate surface area is 587 Å². The molecule has 0 unspecified atom stereocenters. The predicted octanol–water partition coefficient (Wildman–Crippen LogP) is 23.2. The van der Waals surface area contributed by atoms with E-state index >= 15 is 0 Å². The van der Waals surface area contributed by atoms with Gasteiger partial charge in [-0.2, -0.15) is 9.97 Å². The third-order valence-electron chi connectivity index (χ3n) is 22.4. The van der Waals surface area contributed by atoms with Gasteiger partial charge in [-0.05, 0) is 183 Å². The summed E-state index contributed by atoms with van der Waals surface area (Å²) in [5, 5.41) is 0. The molecular weight excluding hydrogens is 1220 g/mol. The molecule has 3 heterocycles. The zero-order valence-electron chi connectivity index (χ0n) is 55.0. The van der Waals surface area contributed by atoms with Crippen molar-refractivity contribution in [2.75, 3.05) is 9.80 Å². The Morgan fingerprint density at radius 2 is 0.485 bits per heavy atom. The lowest BCUT2D eigenvalue weighted by Crippen LogP contribution is -2.36. The molecule has 470 valence electrons. The van der Waals surface area contributed by atoms with Crippen LogP contribution in [0.3, 0.4) is 0 Å². The van der Waals surface area contributed by atoms with E-state index in [0.29, 0.717) is 17.6 Å². The van der Waals surface area contributed by atoms with Crippen LogP contribution in [0.2, 0.25) is 0 Å². The van der Waals surface area contributed by atoms with Crippen molar-refractivity contribution >= 4 is 34.4 Å². The van der Waals surface area contributed by atoms with Gasteiger partial charge in [-0.25, -0.2) is 4.98 Å². The summed E-state index contributed by atoms with van der Waals surface area (Å²) in [5.41, 5.74) is 32.3. The SMILES string of the molecule is c1ccc(-c2nc(-c3ccccc3)nc(N3c4ccccc4C4(c5ccccc5-c5ccc(-c6cccc(C7(c8cccc(-c9ccc%10c(c9)C9(c%11ccccc%11-%10)c%10ccccc%10N(c%10ccccc%10)c%10ccccc%109)c8)c8ccccc8-c8ccccc87)c6)cc54)c4ccccc43)n2)cc1. The van der Waals surface area contributed by atoms with Crippen molar-refractivity contribution < 1.29 is 0 Å². The highest BCUT2D eigenvalue weighted by molar-refractivity contribution is 5.99. The molecule has 0 bridgehead atoms. The van der Waals surface area contributed by atoms with E-state index < -0.39 is 16.2 Å². The Bertz CT molecular complexity index is 5880. The van der Waals surface area contributed by atoms with Crippen LogP contribution in [-0.4, -0.2) is 15.0 Å². The zero-order chi connectivity index (χ0) is 66.4. The summed E-state index contributed by atoms with van der Waals surface area (Å²) in [5.74, 6) is 1.78. The normalized spacial score (nSPS) is 14.3. The van der Waals surface area contributed by atoms with Crippen molar-refractivity contribution in [3.63, 3.8) is 0 Å². The summed E-state index contributed by atoms with van der Waals surface area (Å²) < 4.78 is 0. The second-order valence-electron chi connectivity index (χ2n) is 27.2. The topological polar surface area (TPSA) is 45.2 Å². The first-order valence-corrected chi connectivity index (χ1v) is 34.9. The Kier molecular flexibility index (Phi) is 12.4. The van der Waals surface area contributed by atoms with Gasteiger partial charge in [-0.1, -0.05) is 309 Å². The van der Waals surface area contributed by atoms with Crippen LogP contribution in [0.1, 0.15) is 66.8 Å². The summed E-state index contributed by atoms with van der Waals surface area (Å²) in [7, 11) is 0. The molecule has 2 spiro atoms. The highest BCUT2D eigenvalue weighted by atomic mass is 15.3. The van der Waals surface area contributed by atoms with E-state index in [1.54, 1.807) is 0 Å². The molecule has 21 rings (SSSR count). The molecule has 1 aromatic heterocycles. The first-order valence-electron chi connectivity index (χ1n) is 34.9. The number of rotatable bonds is 8. The Morgan fingerprint density at radius 1 is 0.188 bits per heavy atom. The summed E-state index contributed by atoms with van der Waals surface area (Å²) in [6.07, 6.45) is 0. The van der Waals surface area contributed by atoms with E-state index in [2.05, 4.69) is 343 Å². The molecule has 0 saturated carbocycles. The molecule has 0 atom stereocenters. The number of nitrogens with zero attached hydrogens (tertiary/aromatic N) is 5. The maximum Gasteiger partial charge on any atom is 0.238 e. The average Bonchev–Trinajstić information content (AvgIpc) is 1.57. The van der Waals surface area contributed by atoms with Gasteiger partial charge in [0.1, 0.15) is 0 Å². The van der Waals surface area contributed by atoms with E-state index in [-0.39, 0.29) is 0 Å². The Hall–Kier alpha value is -13.1. The van der Waals surface area contributed by atoms with E-state index in [1.807, 2.05) is 36.4 Å². The maximum atomic E-state index is 5.39. The molecule has 0 amide bonds. The number of hydrogen-bond acceptors (Lipinski definition) is 5. The fraction of sp³-hybridized carbons (Fsp3) is 0.0312. The lowest BCUT2D eigenvalue weighted by molar-refractivity contribution is 0.749. The highest BCUT2D eigenvalue weighted by Crippen LogP contribution is 2.66. The first-order chi connectivity index (χ1) is 50.1. The molecule has 0 saturated heterocycles. The van der Waals surface area contributed by atoms with Gasteiger partial charge in [0.2, 0.25) is 5.95 Å². The second-order valence-corrected chi connectivity index (χ2v) is 27.2. The summed E-state index contributed by atoms with van der Waals surface area (Å²) >= 11 is 0. The Morgan fingerprint density at radius 3 is 0.881 bits per heavy atom. The molecule has 15 aromatic carbocycles. The van der Waals surface area contributed by atoms with Gasteiger partial charge in [-0.15, -0.1) is 0 Å². The monoisotopic (exact) mass is 1280 g/mol. The molecule has 0 radical (unpaired) electrons.